The van der Waals surface area contributed by atoms with E-state index in [1.54, 1.807) is 12.1 Å². The normalized spacial score (nSPS) is 11.0. The highest BCUT2D eigenvalue weighted by atomic mass is 79.9. The Balaban J connectivity index is 2.26. The highest BCUT2D eigenvalue weighted by Crippen LogP contribution is 2.30. The van der Waals surface area contributed by atoms with Crippen molar-refractivity contribution in [1.82, 2.24) is 5.16 Å². The number of benzene rings is 1. The Morgan fingerprint density at radius 2 is 2.19 bits per heavy atom. The number of aromatic nitrogens is 1. The fourth-order valence-corrected chi connectivity index (χ4v) is 2.46. The molecular formula is C15H14BrNO4. The Kier molecular flexibility index (Phi) is 4.80. The quantitative estimate of drug-likeness (QED) is 0.830. The molecule has 1 aromatic heterocycles. The Hall–Kier alpha value is -2.08. The molecule has 0 aliphatic rings. The van der Waals surface area contributed by atoms with Crippen LogP contribution in [-0.2, 0) is 11.4 Å². The molecule has 0 aliphatic heterocycles. The number of ether oxygens (including phenoxy) is 1. The minimum absolute atomic E-state index is 0.233. The number of rotatable bonds is 5. The monoisotopic (exact) mass is 351 g/mol. The summed E-state index contributed by atoms with van der Waals surface area (Å²) in [6.07, 6.45) is 2.58. The summed E-state index contributed by atoms with van der Waals surface area (Å²) >= 11 is 3.39. The molecular weight excluding hydrogens is 338 g/mol. The Labute approximate surface area is 130 Å². The minimum Gasteiger partial charge on any atom is -0.485 e. The van der Waals surface area contributed by atoms with Gasteiger partial charge in [0.25, 0.3) is 0 Å². The molecule has 0 unspecified atom stereocenters. The van der Waals surface area contributed by atoms with Crippen LogP contribution in [0.2, 0.25) is 0 Å². The second-order valence-electron chi connectivity index (χ2n) is 4.54. The minimum atomic E-state index is -1.01. The van der Waals surface area contributed by atoms with Crippen LogP contribution >= 0.6 is 15.9 Å². The molecule has 5 nitrogen and oxygen atoms in total. The number of hydrogen-bond donors (Lipinski definition) is 1. The van der Waals surface area contributed by atoms with Crippen LogP contribution in [0.15, 0.2) is 33.3 Å². The van der Waals surface area contributed by atoms with Crippen LogP contribution < -0.4 is 4.74 Å². The number of carbonyl (C=O) groups is 1. The van der Waals surface area contributed by atoms with Crippen molar-refractivity contribution in [2.75, 3.05) is 0 Å². The van der Waals surface area contributed by atoms with Crippen molar-refractivity contribution in [3.63, 3.8) is 0 Å². The van der Waals surface area contributed by atoms with Gasteiger partial charge < -0.3 is 14.4 Å². The maximum Gasteiger partial charge on any atom is 0.328 e. The van der Waals surface area contributed by atoms with Gasteiger partial charge in [-0.05, 0) is 37.6 Å². The number of nitrogens with zero attached hydrogens (tertiary/aromatic N) is 1. The van der Waals surface area contributed by atoms with Crippen molar-refractivity contribution < 1.29 is 19.2 Å². The van der Waals surface area contributed by atoms with E-state index in [-0.39, 0.29) is 6.61 Å². The molecule has 0 aliphatic carbocycles. The third kappa shape index (κ3) is 4.19. The topological polar surface area (TPSA) is 72.6 Å². The molecule has 0 spiro atoms. The number of aliphatic carboxylic acids is 1. The van der Waals surface area contributed by atoms with Crippen molar-refractivity contribution in [2.45, 2.75) is 20.5 Å². The molecule has 1 aromatic carbocycles. The summed E-state index contributed by atoms with van der Waals surface area (Å²) in [5.74, 6) is 0.220. The maximum atomic E-state index is 10.7. The van der Waals surface area contributed by atoms with Gasteiger partial charge in [-0.1, -0.05) is 21.1 Å². The van der Waals surface area contributed by atoms with Crippen LogP contribution in [-0.4, -0.2) is 16.2 Å². The van der Waals surface area contributed by atoms with Crippen LogP contribution in [0.4, 0.5) is 0 Å². The van der Waals surface area contributed by atoms with E-state index in [9.17, 15) is 4.79 Å². The van der Waals surface area contributed by atoms with Crippen LogP contribution in [0.1, 0.15) is 22.6 Å². The van der Waals surface area contributed by atoms with Crippen molar-refractivity contribution in [1.29, 1.82) is 0 Å². The van der Waals surface area contributed by atoms with Crippen LogP contribution in [0.25, 0.3) is 6.08 Å². The largest absolute Gasteiger partial charge is 0.485 e. The molecule has 0 amide bonds. The summed E-state index contributed by atoms with van der Waals surface area (Å²) in [6.45, 7) is 3.96. The number of carboxylic acids is 1. The van der Waals surface area contributed by atoms with E-state index >= 15 is 0 Å². The molecule has 1 heterocycles. The SMILES string of the molecule is Cc1cc(COc2c(C)cc(Br)cc2/C=C/C(=O)O)on1. The number of halogens is 1. The van der Waals surface area contributed by atoms with Crippen molar-refractivity contribution in [2.24, 2.45) is 0 Å². The smallest absolute Gasteiger partial charge is 0.328 e. The molecule has 6 heteroatoms. The summed E-state index contributed by atoms with van der Waals surface area (Å²) in [7, 11) is 0. The van der Waals surface area contributed by atoms with E-state index in [2.05, 4.69) is 21.1 Å². The lowest BCUT2D eigenvalue weighted by atomic mass is 10.1. The molecule has 0 fully saturated rings. The number of carboxylic acid groups (broad SMARTS) is 1. The maximum absolute atomic E-state index is 10.7. The van der Waals surface area contributed by atoms with Gasteiger partial charge in [-0.15, -0.1) is 0 Å². The highest BCUT2D eigenvalue weighted by molar-refractivity contribution is 9.10. The van der Waals surface area contributed by atoms with Gasteiger partial charge in [0, 0.05) is 22.2 Å². The van der Waals surface area contributed by atoms with Crippen LogP contribution in [0, 0.1) is 13.8 Å². The molecule has 0 atom stereocenters. The van der Waals surface area contributed by atoms with Gasteiger partial charge in [0.2, 0.25) is 0 Å². The summed E-state index contributed by atoms with van der Waals surface area (Å²) in [6, 6.07) is 5.49. The van der Waals surface area contributed by atoms with Gasteiger partial charge in [0.1, 0.15) is 12.4 Å². The van der Waals surface area contributed by atoms with E-state index in [4.69, 9.17) is 14.4 Å². The lowest BCUT2D eigenvalue weighted by Gasteiger charge is -2.11. The summed E-state index contributed by atoms with van der Waals surface area (Å²) < 4.78 is 11.7. The van der Waals surface area contributed by atoms with Gasteiger partial charge in [-0.25, -0.2) is 4.79 Å². The fraction of sp³-hybridized carbons (Fsp3) is 0.200. The molecule has 0 saturated heterocycles. The van der Waals surface area contributed by atoms with Crippen molar-refractivity contribution >= 4 is 28.0 Å². The second-order valence-corrected chi connectivity index (χ2v) is 5.45. The van der Waals surface area contributed by atoms with Crippen molar-refractivity contribution in [3.05, 3.63) is 51.3 Å². The molecule has 0 bridgehead atoms. The molecule has 1 N–H and O–H groups in total. The summed E-state index contributed by atoms with van der Waals surface area (Å²) in [5.41, 5.74) is 2.36. The average Bonchev–Trinajstić information content (AvgIpc) is 2.80. The van der Waals surface area contributed by atoms with Gasteiger partial charge >= 0.3 is 5.97 Å². The van der Waals surface area contributed by atoms with Gasteiger partial charge in [0.05, 0.1) is 5.69 Å². The lowest BCUT2D eigenvalue weighted by Crippen LogP contribution is -1.98. The second kappa shape index (κ2) is 6.58. The Bertz CT molecular complexity index is 691. The third-order valence-electron chi connectivity index (χ3n) is 2.71. The van der Waals surface area contributed by atoms with Gasteiger partial charge in [-0.2, -0.15) is 0 Å². The van der Waals surface area contributed by atoms with E-state index in [0.717, 1.165) is 21.8 Å². The third-order valence-corrected chi connectivity index (χ3v) is 3.17. The zero-order valence-corrected chi connectivity index (χ0v) is 13.2. The predicted octanol–water partition coefficient (Wildman–Crippen LogP) is 3.73. The van der Waals surface area contributed by atoms with Gasteiger partial charge in [0.15, 0.2) is 5.76 Å². The first-order chi connectivity index (χ1) is 9.95. The standard InChI is InChI=1S/C15H14BrNO4/c1-9-5-12(16)7-11(3-4-14(18)19)15(9)20-8-13-6-10(2)17-21-13/h3-7H,8H2,1-2H3,(H,18,19)/b4-3+. The summed E-state index contributed by atoms with van der Waals surface area (Å²) in [4.78, 5) is 10.7. The number of aryl methyl sites for hydroxylation is 2. The van der Waals surface area contributed by atoms with E-state index < -0.39 is 5.97 Å². The first-order valence-electron chi connectivity index (χ1n) is 6.22. The first-order valence-corrected chi connectivity index (χ1v) is 7.01. The lowest BCUT2D eigenvalue weighted by molar-refractivity contribution is -0.131. The van der Waals surface area contributed by atoms with Gasteiger partial charge in [-0.3, -0.25) is 0 Å². The average molecular weight is 352 g/mol. The molecule has 2 aromatic rings. The molecule has 21 heavy (non-hydrogen) atoms. The Morgan fingerprint density at radius 1 is 1.43 bits per heavy atom. The highest BCUT2D eigenvalue weighted by Gasteiger charge is 2.09. The zero-order chi connectivity index (χ0) is 15.4. The molecule has 110 valence electrons. The van der Waals surface area contributed by atoms with Crippen molar-refractivity contribution in [3.8, 4) is 5.75 Å². The Morgan fingerprint density at radius 3 is 2.81 bits per heavy atom. The molecule has 0 saturated carbocycles. The number of hydrogen-bond acceptors (Lipinski definition) is 4. The molecule has 2 rings (SSSR count). The van der Waals surface area contributed by atoms with Crippen LogP contribution in [0.5, 0.6) is 5.75 Å². The zero-order valence-electron chi connectivity index (χ0n) is 11.6. The van der Waals surface area contributed by atoms with E-state index in [1.807, 2.05) is 19.9 Å². The van der Waals surface area contributed by atoms with Crippen LogP contribution in [0.3, 0.4) is 0 Å². The predicted molar refractivity (Wildman–Crippen MR) is 81.1 cm³/mol. The fourth-order valence-electron chi connectivity index (χ4n) is 1.87. The van der Waals surface area contributed by atoms with E-state index in [0.29, 0.717) is 17.1 Å². The first kappa shape index (κ1) is 15.3. The van der Waals surface area contributed by atoms with E-state index in [1.165, 1.54) is 6.08 Å². The molecule has 0 radical (unpaired) electrons. The summed E-state index contributed by atoms with van der Waals surface area (Å²) in [5, 5.41) is 12.5.